The first-order valence-corrected chi connectivity index (χ1v) is 23.5. The van der Waals surface area contributed by atoms with Crippen LogP contribution >= 0.6 is 0 Å². The summed E-state index contributed by atoms with van der Waals surface area (Å²) in [7, 11) is 0. The minimum Gasteiger partial charge on any atom is -0.465 e. The molecule has 3 fully saturated rings. The number of amides is 11. The average molecular weight is 995 g/mol. The number of imide groups is 5. The van der Waals surface area contributed by atoms with E-state index in [4.69, 9.17) is 14.4 Å². The van der Waals surface area contributed by atoms with Gasteiger partial charge in [-0.15, -0.1) is 10.1 Å². The quantitative estimate of drug-likeness (QED) is 0.0844. The highest BCUT2D eigenvalue weighted by atomic mass is 16.7. The molecule has 0 radical (unpaired) electrons. The number of ketones is 1. The Hall–Kier alpha value is -7.53. The molecule has 24 nitrogen and oxygen atoms in total. The average Bonchev–Trinajstić information content (AvgIpc) is 4.12. The van der Waals surface area contributed by atoms with Gasteiger partial charge in [0.25, 0.3) is 59.1 Å². The van der Waals surface area contributed by atoms with E-state index in [9.17, 15) is 71.9 Å². The molecule has 6 rings (SSSR count). The third-order valence-electron chi connectivity index (χ3n) is 11.6. The van der Waals surface area contributed by atoms with Crippen LogP contribution < -0.4 is 5.32 Å². The molecule has 1 N–H and O–H groups in total. The molecule has 0 aromatic rings. The third kappa shape index (κ3) is 18.4. The Bertz CT molecular complexity index is 2140. The second-order valence-corrected chi connectivity index (χ2v) is 17.1. The SMILES string of the molecule is CC(=O)CCN1C(=O)C=CC1=O.O=C(CCCCCOC(=O)C1CCC(CN2C(=O)C=CC2=O)CC1)ON1C(=O)CCC1=O.O=C(CCN1C(=O)C=CC1=O)NCCCCCC(=O)ON1C(=O)CCC1=O. The van der Waals surface area contributed by atoms with Crippen LogP contribution in [-0.4, -0.2) is 146 Å². The Labute approximate surface area is 407 Å². The summed E-state index contributed by atoms with van der Waals surface area (Å²) in [4.78, 5) is 184. The van der Waals surface area contributed by atoms with E-state index in [-0.39, 0.29) is 124 Å². The van der Waals surface area contributed by atoms with Gasteiger partial charge >= 0.3 is 17.9 Å². The maximum absolute atomic E-state index is 12.3. The maximum Gasteiger partial charge on any atom is 0.333 e. The molecule has 0 aromatic heterocycles. The highest BCUT2D eigenvalue weighted by Crippen LogP contribution is 2.31. The standard InChI is InChI=1S/C22H28N2O8.C17H21N3O7.C8H9NO3/c25-17-9-10-18(26)23(17)14-15-5-7-16(8-6-15)22(30)31-13-3-1-2-4-21(29)32-24-19(27)11-12-20(24)28;21-12(9-11-19-13(22)5-6-14(19)23)18-10-3-1-2-4-17(26)27-20-15(24)7-8-16(20)25;1-6(10)4-5-9-7(11)2-3-8(9)12/h9-10,15-16H,1-8,11-14H2;5-6H,1-4,7-11H2,(H,18,21);2-3H,4-5H2,1H3. The number of nitrogens with zero attached hydrogens (tertiary/aromatic N) is 5. The van der Waals surface area contributed by atoms with Crippen molar-refractivity contribution in [2.45, 2.75) is 122 Å². The Morgan fingerprint density at radius 1 is 0.507 bits per heavy atom. The smallest absolute Gasteiger partial charge is 0.333 e. The van der Waals surface area contributed by atoms with Crippen LogP contribution in [0.1, 0.15) is 122 Å². The van der Waals surface area contributed by atoms with Gasteiger partial charge in [-0.25, -0.2) is 9.59 Å². The van der Waals surface area contributed by atoms with Crippen LogP contribution in [0.2, 0.25) is 0 Å². The predicted octanol–water partition coefficient (Wildman–Crippen LogP) is 0.904. The van der Waals surface area contributed by atoms with Gasteiger partial charge in [0, 0.05) is 114 Å². The lowest BCUT2D eigenvalue weighted by atomic mass is 9.82. The molecule has 1 aliphatic carbocycles. The van der Waals surface area contributed by atoms with Gasteiger partial charge in [0.1, 0.15) is 5.78 Å². The van der Waals surface area contributed by atoms with Gasteiger partial charge in [-0.05, 0) is 70.6 Å². The lowest BCUT2D eigenvalue weighted by Crippen LogP contribution is -2.36. The van der Waals surface area contributed by atoms with Gasteiger partial charge in [0.15, 0.2) is 0 Å². The number of esters is 1. The van der Waals surface area contributed by atoms with Crippen LogP contribution in [0.25, 0.3) is 0 Å². The lowest BCUT2D eigenvalue weighted by molar-refractivity contribution is -0.197. The second kappa shape index (κ2) is 28.2. The zero-order valence-corrected chi connectivity index (χ0v) is 39.5. The molecule has 0 bridgehead atoms. The van der Waals surface area contributed by atoms with Crippen LogP contribution in [0, 0.1) is 11.8 Å². The summed E-state index contributed by atoms with van der Waals surface area (Å²) < 4.78 is 5.35. The number of carbonyl (C=O) groups excluding carboxylic acids is 15. The minimum absolute atomic E-state index is 0.0255. The second-order valence-electron chi connectivity index (χ2n) is 17.1. The molecule has 5 heterocycles. The molecule has 5 aliphatic heterocycles. The van der Waals surface area contributed by atoms with Gasteiger partial charge in [-0.3, -0.25) is 77.0 Å². The summed E-state index contributed by atoms with van der Waals surface area (Å²) in [6, 6.07) is 0. The predicted molar refractivity (Wildman–Crippen MR) is 238 cm³/mol. The molecule has 1 saturated carbocycles. The summed E-state index contributed by atoms with van der Waals surface area (Å²) >= 11 is 0. The van der Waals surface area contributed by atoms with Crippen LogP contribution in [0.3, 0.4) is 0 Å². The van der Waals surface area contributed by atoms with Crippen molar-refractivity contribution in [3.05, 3.63) is 36.5 Å². The molecular weight excluding hydrogens is 937 g/mol. The van der Waals surface area contributed by atoms with Crippen molar-refractivity contribution in [1.29, 1.82) is 0 Å². The Balaban J connectivity index is 0.000000253. The molecule has 24 heteroatoms. The van der Waals surface area contributed by atoms with Crippen molar-refractivity contribution >= 4 is 88.7 Å². The molecule has 0 spiro atoms. The van der Waals surface area contributed by atoms with E-state index in [1.54, 1.807) is 0 Å². The number of nitrogens with one attached hydrogen (secondary N) is 1. The highest BCUT2D eigenvalue weighted by molar-refractivity contribution is 6.14. The summed E-state index contributed by atoms with van der Waals surface area (Å²) in [6.07, 6.45) is 14.4. The first kappa shape index (κ1) is 56.1. The number of hydrogen-bond donors (Lipinski definition) is 1. The van der Waals surface area contributed by atoms with Gasteiger partial charge < -0.3 is 19.7 Å². The summed E-state index contributed by atoms with van der Waals surface area (Å²) in [5, 5.41) is 3.73. The van der Waals surface area contributed by atoms with Crippen molar-refractivity contribution in [2.75, 3.05) is 32.8 Å². The fourth-order valence-corrected chi connectivity index (χ4v) is 7.57. The molecule has 0 unspecified atom stereocenters. The number of carbonyl (C=O) groups is 15. The zero-order valence-electron chi connectivity index (χ0n) is 39.5. The lowest BCUT2D eigenvalue weighted by Gasteiger charge is -2.29. The first-order chi connectivity index (χ1) is 33.8. The topological polar surface area (TPSA) is 312 Å². The number of hydrogen-bond acceptors (Lipinski definition) is 18. The highest BCUT2D eigenvalue weighted by Gasteiger charge is 2.35. The Kier molecular flexibility index (Phi) is 22.3. The van der Waals surface area contributed by atoms with E-state index < -0.39 is 47.4 Å². The molecule has 6 aliphatic rings. The summed E-state index contributed by atoms with van der Waals surface area (Å²) in [6.45, 7) is 2.72. The molecule has 2 saturated heterocycles. The molecular formula is C47H58N6O18. The molecule has 71 heavy (non-hydrogen) atoms. The van der Waals surface area contributed by atoms with Crippen molar-refractivity contribution in [3.8, 4) is 0 Å². The van der Waals surface area contributed by atoms with E-state index in [0.717, 1.165) is 22.6 Å². The number of rotatable bonds is 23. The molecule has 0 atom stereocenters. The monoisotopic (exact) mass is 994 g/mol. The number of unbranched alkanes of at least 4 members (excludes halogenated alkanes) is 4. The van der Waals surface area contributed by atoms with E-state index in [2.05, 4.69) is 5.32 Å². The van der Waals surface area contributed by atoms with Gasteiger partial charge in [0.2, 0.25) is 5.91 Å². The largest absolute Gasteiger partial charge is 0.465 e. The maximum atomic E-state index is 12.3. The molecule has 384 valence electrons. The van der Waals surface area contributed by atoms with Crippen LogP contribution in [0.5, 0.6) is 0 Å². The fraction of sp³-hybridized carbons (Fsp3) is 0.553. The molecule has 0 aromatic carbocycles. The minimum atomic E-state index is -0.642. The Morgan fingerprint density at radius 2 is 0.915 bits per heavy atom. The van der Waals surface area contributed by atoms with E-state index >= 15 is 0 Å². The van der Waals surface area contributed by atoms with Gasteiger partial charge in [-0.2, -0.15) is 0 Å². The van der Waals surface area contributed by atoms with Crippen molar-refractivity contribution in [1.82, 2.24) is 30.1 Å². The normalized spacial score (nSPS) is 19.4. The van der Waals surface area contributed by atoms with Gasteiger partial charge in [-0.1, -0.05) is 6.42 Å². The number of Topliss-reactive ketones (excluding diaryl/α,β-unsaturated/α-hetero) is 1. The number of ether oxygens (including phenoxy) is 1. The summed E-state index contributed by atoms with van der Waals surface area (Å²) in [5.74, 6) is -5.84. The van der Waals surface area contributed by atoms with E-state index in [1.807, 2.05) is 0 Å². The summed E-state index contributed by atoms with van der Waals surface area (Å²) in [5.41, 5.74) is 0. The molecule has 11 amide bonds. The van der Waals surface area contributed by atoms with E-state index in [1.165, 1.54) is 48.3 Å². The Morgan fingerprint density at radius 3 is 1.35 bits per heavy atom. The van der Waals surface area contributed by atoms with Crippen molar-refractivity contribution in [3.63, 3.8) is 0 Å². The van der Waals surface area contributed by atoms with E-state index in [0.29, 0.717) is 74.6 Å². The van der Waals surface area contributed by atoms with Gasteiger partial charge in [0.05, 0.1) is 12.5 Å². The van der Waals surface area contributed by atoms with Crippen LogP contribution in [-0.2, 0) is 86.3 Å². The van der Waals surface area contributed by atoms with Crippen LogP contribution in [0.15, 0.2) is 36.5 Å². The first-order valence-electron chi connectivity index (χ1n) is 23.5. The number of hydroxylamine groups is 4. The van der Waals surface area contributed by atoms with Crippen LogP contribution in [0.4, 0.5) is 0 Å². The zero-order chi connectivity index (χ0) is 52.0. The van der Waals surface area contributed by atoms with Crippen molar-refractivity contribution < 1.29 is 86.3 Å². The van der Waals surface area contributed by atoms with Crippen molar-refractivity contribution in [2.24, 2.45) is 11.8 Å². The fourth-order valence-electron chi connectivity index (χ4n) is 7.57. The third-order valence-corrected chi connectivity index (χ3v) is 11.6.